The van der Waals surface area contributed by atoms with E-state index in [1.165, 1.54) is 0 Å². The second kappa shape index (κ2) is 7.66. The molecule has 0 amide bonds. The van der Waals surface area contributed by atoms with Crippen LogP contribution in [0.2, 0.25) is 0 Å². The molecule has 5 heteroatoms. The fraction of sp³-hybridized carbons (Fsp3) is 0.385. The molecule has 1 aromatic carbocycles. The first-order valence-electron chi connectivity index (χ1n) is 5.96. The van der Waals surface area contributed by atoms with E-state index in [2.05, 4.69) is 29.7 Å². The Labute approximate surface area is 113 Å². The lowest BCUT2D eigenvalue weighted by molar-refractivity contribution is 0.309. The zero-order valence-corrected chi connectivity index (χ0v) is 11.6. The summed E-state index contributed by atoms with van der Waals surface area (Å²) in [5.41, 5.74) is 9.69. The number of hydrogen-bond acceptors (Lipinski definition) is 3. The van der Waals surface area contributed by atoms with Gasteiger partial charge in [0.15, 0.2) is 5.11 Å². The van der Waals surface area contributed by atoms with Crippen molar-refractivity contribution in [2.75, 3.05) is 6.61 Å². The van der Waals surface area contributed by atoms with Gasteiger partial charge in [-0.25, -0.2) is 0 Å². The maximum Gasteiger partial charge on any atom is 0.184 e. The predicted molar refractivity (Wildman–Crippen MR) is 79.0 cm³/mol. The van der Waals surface area contributed by atoms with Crippen LogP contribution in [0.15, 0.2) is 29.4 Å². The lowest BCUT2D eigenvalue weighted by atomic mass is 10.1. The Bertz CT molecular complexity index is 415. The largest absolute Gasteiger partial charge is 0.494 e. The van der Waals surface area contributed by atoms with Gasteiger partial charge in [-0.1, -0.05) is 13.3 Å². The van der Waals surface area contributed by atoms with Gasteiger partial charge in [0.1, 0.15) is 5.75 Å². The van der Waals surface area contributed by atoms with Crippen LogP contribution in [0.25, 0.3) is 0 Å². The second-order valence-electron chi connectivity index (χ2n) is 3.90. The number of thiocarbonyl (C=S) groups is 1. The van der Waals surface area contributed by atoms with Crippen molar-refractivity contribution < 1.29 is 4.74 Å². The number of ether oxygens (including phenoxy) is 1. The average molecular weight is 265 g/mol. The van der Waals surface area contributed by atoms with E-state index in [0.29, 0.717) is 0 Å². The molecule has 4 nitrogen and oxygen atoms in total. The number of unbranched alkanes of at least 4 members (excludes halogenated alkanes) is 1. The van der Waals surface area contributed by atoms with Crippen LogP contribution in [0.1, 0.15) is 32.3 Å². The Morgan fingerprint density at radius 1 is 1.39 bits per heavy atom. The summed E-state index contributed by atoms with van der Waals surface area (Å²) in [6.07, 6.45) is 2.20. The van der Waals surface area contributed by atoms with E-state index in [1.807, 2.05) is 31.2 Å². The van der Waals surface area contributed by atoms with Crippen molar-refractivity contribution >= 4 is 23.0 Å². The normalized spacial score (nSPS) is 11.1. The molecule has 3 N–H and O–H groups in total. The van der Waals surface area contributed by atoms with E-state index in [1.54, 1.807) is 0 Å². The van der Waals surface area contributed by atoms with Crippen LogP contribution in [-0.2, 0) is 0 Å². The van der Waals surface area contributed by atoms with Crippen LogP contribution < -0.4 is 15.9 Å². The van der Waals surface area contributed by atoms with Crippen molar-refractivity contribution in [3.05, 3.63) is 29.8 Å². The quantitative estimate of drug-likeness (QED) is 0.359. The van der Waals surface area contributed by atoms with E-state index in [-0.39, 0.29) is 5.11 Å². The summed E-state index contributed by atoms with van der Waals surface area (Å²) in [4.78, 5) is 0. The molecule has 98 valence electrons. The van der Waals surface area contributed by atoms with Gasteiger partial charge in [-0.2, -0.15) is 5.10 Å². The minimum absolute atomic E-state index is 0.161. The molecule has 1 aromatic rings. The smallest absolute Gasteiger partial charge is 0.184 e. The molecule has 0 aromatic heterocycles. The first-order valence-corrected chi connectivity index (χ1v) is 6.37. The van der Waals surface area contributed by atoms with Gasteiger partial charge in [0.05, 0.1) is 12.3 Å². The summed E-state index contributed by atoms with van der Waals surface area (Å²) < 4.78 is 5.58. The number of nitrogens with two attached hydrogens (primary N) is 1. The number of benzene rings is 1. The standard InChI is InChI=1S/C13H19N3OS/c1-3-4-9-17-12-7-5-11(6-8-12)10(2)15-16-13(14)18/h5-8H,3-4,9H2,1-2H3,(H3,14,16,18). The Hall–Kier alpha value is -1.62. The van der Waals surface area contributed by atoms with Crippen LogP contribution >= 0.6 is 12.2 Å². The summed E-state index contributed by atoms with van der Waals surface area (Å²) in [5.74, 6) is 0.877. The highest BCUT2D eigenvalue weighted by atomic mass is 32.1. The third-order valence-corrected chi connectivity index (χ3v) is 2.46. The highest BCUT2D eigenvalue weighted by molar-refractivity contribution is 7.80. The molecule has 0 aliphatic rings. The van der Waals surface area contributed by atoms with Crippen molar-refractivity contribution in [3.63, 3.8) is 0 Å². The Morgan fingerprint density at radius 2 is 2.06 bits per heavy atom. The molecule has 0 fully saturated rings. The third-order valence-electron chi connectivity index (χ3n) is 2.37. The van der Waals surface area contributed by atoms with E-state index >= 15 is 0 Å². The van der Waals surface area contributed by atoms with Crippen LogP contribution in [0.4, 0.5) is 0 Å². The summed E-state index contributed by atoms with van der Waals surface area (Å²) in [6.45, 7) is 4.78. The zero-order valence-electron chi connectivity index (χ0n) is 10.8. The van der Waals surface area contributed by atoms with E-state index in [9.17, 15) is 0 Å². The van der Waals surface area contributed by atoms with Gasteiger partial charge in [0.2, 0.25) is 0 Å². The van der Waals surface area contributed by atoms with Gasteiger partial charge in [-0.15, -0.1) is 0 Å². The minimum atomic E-state index is 0.161. The first-order chi connectivity index (χ1) is 8.63. The maximum absolute atomic E-state index is 5.58. The van der Waals surface area contributed by atoms with Crippen LogP contribution in [0.5, 0.6) is 5.75 Å². The highest BCUT2D eigenvalue weighted by Crippen LogP contribution is 2.13. The number of hydrazone groups is 1. The Morgan fingerprint density at radius 3 is 2.61 bits per heavy atom. The number of nitrogens with zero attached hydrogens (tertiary/aromatic N) is 1. The highest BCUT2D eigenvalue weighted by Gasteiger charge is 1.99. The topological polar surface area (TPSA) is 59.6 Å². The fourth-order valence-corrected chi connectivity index (χ4v) is 1.38. The Balaban J connectivity index is 2.59. The molecule has 0 aliphatic carbocycles. The molecule has 0 saturated heterocycles. The molecule has 0 atom stereocenters. The third kappa shape index (κ3) is 5.14. The Kier molecular flexibility index (Phi) is 6.14. The number of rotatable bonds is 6. The molecule has 0 heterocycles. The zero-order chi connectivity index (χ0) is 13.4. The molecule has 0 unspecified atom stereocenters. The van der Waals surface area contributed by atoms with E-state index < -0.39 is 0 Å². The fourth-order valence-electron chi connectivity index (χ4n) is 1.33. The SMILES string of the molecule is CCCCOc1ccc(C(C)=NNC(N)=S)cc1. The summed E-state index contributed by atoms with van der Waals surface area (Å²) in [6, 6.07) is 7.79. The average Bonchev–Trinajstić information content (AvgIpc) is 2.37. The molecule has 0 radical (unpaired) electrons. The van der Waals surface area contributed by atoms with Gasteiger partial charge in [-0.3, -0.25) is 5.43 Å². The van der Waals surface area contributed by atoms with Crippen molar-refractivity contribution in [3.8, 4) is 5.75 Å². The molecule has 0 bridgehead atoms. The predicted octanol–water partition coefficient (Wildman–Crippen LogP) is 2.42. The van der Waals surface area contributed by atoms with Crippen molar-refractivity contribution in [1.82, 2.24) is 5.43 Å². The molecular weight excluding hydrogens is 246 g/mol. The summed E-state index contributed by atoms with van der Waals surface area (Å²) in [5, 5.41) is 4.22. The molecule has 18 heavy (non-hydrogen) atoms. The van der Waals surface area contributed by atoms with Crippen molar-refractivity contribution in [2.45, 2.75) is 26.7 Å². The minimum Gasteiger partial charge on any atom is -0.494 e. The molecule has 0 spiro atoms. The monoisotopic (exact) mass is 265 g/mol. The van der Waals surface area contributed by atoms with Gasteiger partial charge in [0.25, 0.3) is 0 Å². The first kappa shape index (κ1) is 14.4. The summed E-state index contributed by atoms with van der Waals surface area (Å²) in [7, 11) is 0. The maximum atomic E-state index is 5.58. The van der Waals surface area contributed by atoms with Crippen molar-refractivity contribution in [1.29, 1.82) is 0 Å². The van der Waals surface area contributed by atoms with Crippen LogP contribution in [0.3, 0.4) is 0 Å². The van der Waals surface area contributed by atoms with E-state index in [4.69, 9.17) is 10.5 Å². The van der Waals surface area contributed by atoms with Gasteiger partial charge in [0, 0.05) is 0 Å². The van der Waals surface area contributed by atoms with Gasteiger partial charge >= 0.3 is 0 Å². The number of nitrogens with one attached hydrogen (secondary N) is 1. The van der Waals surface area contributed by atoms with Crippen LogP contribution in [0, 0.1) is 0 Å². The van der Waals surface area contributed by atoms with Gasteiger partial charge in [-0.05, 0) is 55.4 Å². The van der Waals surface area contributed by atoms with Gasteiger partial charge < -0.3 is 10.5 Å². The summed E-state index contributed by atoms with van der Waals surface area (Å²) >= 11 is 4.68. The van der Waals surface area contributed by atoms with Crippen molar-refractivity contribution in [2.24, 2.45) is 10.8 Å². The van der Waals surface area contributed by atoms with Crippen LogP contribution in [-0.4, -0.2) is 17.4 Å². The molecule has 0 aliphatic heterocycles. The lowest BCUT2D eigenvalue weighted by Crippen LogP contribution is -2.25. The molecular formula is C13H19N3OS. The number of hydrogen-bond donors (Lipinski definition) is 2. The molecule has 0 saturated carbocycles. The van der Waals surface area contributed by atoms with E-state index in [0.717, 1.165) is 36.5 Å². The lowest BCUT2D eigenvalue weighted by Gasteiger charge is -2.06. The molecule has 1 rings (SSSR count). The second-order valence-corrected chi connectivity index (χ2v) is 4.34.